The number of hydrogen-bond donors (Lipinski definition) is 0. The van der Waals surface area contributed by atoms with Crippen LogP contribution in [0, 0.1) is 0 Å². The lowest BCUT2D eigenvalue weighted by atomic mass is 10.0. The molecule has 6 nitrogen and oxygen atoms in total. The average Bonchev–Trinajstić information content (AvgIpc) is 2.88. The summed E-state index contributed by atoms with van der Waals surface area (Å²) in [5, 5.41) is 0.116. The molecule has 1 aromatic heterocycles. The Morgan fingerprint density at radius 2 is 1.92 bits per heavy atom. The monoisotopic (exact) mass is 349 g/mol. The van der Waals surface area contributed by atoms with Gasteiger partial charge in [-0.2, -0.15) is 4.31 Å². The zero-order valence-corrected chi connectivity index (χ0v) is 14.9. The lowest BCUT2D eigenvalue weighted by Gasteiger charge is -2.28. The maximum atomic E-state index is 13.1. The van der Waals surface area contributed by atoms with Crippen molar-refractivity contribution in [2.45, 2.75) is 36.8 Å². The third-order valence-corrected chi connectivity index (χ3v) is 6.25. The Kier molecular flexibility index (Phi) is 4.91. The standard InChI is InChI=1S/C17H23N3O3S/c1-19-12-17(18-13-19)24(21,22)20-11-5-3-4-6-16(20)14-7-9-15(23-2)10-8-14/h7-10,12-13,16H,3-6,11H2,1-2H3/t16-/m0/s1. The van der Waals surface area contributed by atoms with E-state index in [1.165, 1.54) is 6.33 Å². The molecule has 1 fully saturated rings. The molecule has 0 aliphatic carbocycles. The van der Waals surface area contributed by atoms with Crippen LogP contribution < -0.4 is 4.74 Å². The molecule has 0 N–H and O–H groups in total. The van der Waals surface area contributed by atoms with Gasteiger partial charge in [-0.3, -0.25) is 0 Å². The molecule has 7 heteroatoms. The Balaban J connectivity index is 1.98. The van der Waals surface area contributed by atoms with Crippen LogP contribution >= 0.6 is 0 Å². The molecule has 0 unspecified atom stereocenters. The molecule has 2 heterocycles. The Labute approximate surface area is 143 Å². The van der Waals surface area contributed by atoms with Gasteiger partial charge in [0.05, 0.1) is 19.5 Å². The van der Waals surface area contributed by atoms with Crippen molar-refractivity contribution in [3.05, 3.63) is 42.4 Å². The number of ether oxygens (including phenoxy) is 1. The number of benzene rings is 1. The molecular weight excluding hydrogens is 326 g/mol. The van der Waals surface area contributed by atoms with Crippen LogP contribution in [0.3, 0.4) is 0 Å². The summed E-state index contributed by atoms with van der Waals surface area (Å²) in [7, 11) is -0.211. The van der Waals surface area contributed by atoms with Crippen molar-refractivity contribution in [1.82, 2.24) is 13.9 Å². The van der Waals surface area contributed by atoms with Gasteiger partial charge in [0.15, 0.2) is 5.03 Å². The number of aromatic nitrogens is 2. The Morgan fingerprint density at radius 3 is 2.54 bits per heavy atom. The summed E-state index contributed by atoms with van der Waals surface area (Å²) in [6.45, 7) is 0.523. The first-order chi connectivity index (χ1) is 11.5. The second kappa shape index (κ2) is 6.94. The molecule has 3 rings (SSSR count). The fourth-order valence-corrected chi connectivity index (χ4v) is 4.82. The van der Waals surface area contributed by atoms with Crippen LogP contribution in [0.1, 0.15) is 37.3 Å². The van der Waals surface area contributed by atoms with Crippen molar-refractivity contribution in [3.8, 4) is 5.75 Å². The predicted octanol–water partition coefficient (Wildman–Crippen LogP) is 2.73. The van der Waals surface area contributed by atoms with Crippen LogP contribution in [0.4, 0.5) is 0 Å². The summed E-state index contributed by atoms with van der Waals surface area (Å²) >= 11 is 0. The lowest BCUT2D eigenvalue weighted by Crippen LogP contribution is -2.35. The SMILES string of the molecule is COc1ccc([C@@H]2CCCCCN2S(=O)(=O)c2cn(C)cn2)cc1. The van der Waals surface area contributed by atoms with Gasteiger partial charge in [0.25, 0.3) is 10.0 Å². The van der Waals surface area contributed by atoms with Gasteiger partial charge in [-0.25, -0.2) is 13.4 Å². The number of imidazole rings is 1. The number of rotatable bonds is 4. The number of aryl methyl sites for hydroxylation is 1. The molecule has 0 radical (unpaired) electrons. The smallest absolute Gasteiger partial charge is 0.262 e. The van der Waals surface area contributed by atoms with Gasteiger partial charge in [0.2, 0.25) is 0 Å². The molecule has 0 saturated carbocycles. The summed E-state index contributed by atoms with van der Waals surface area (Å²) in [5.41, 5.74) is 0.997. The minimum absolute atomic E-state index is 0.116. The maximum Gasteiger partial charge on any atom is 0.262 e. The van der Waals surface area contributed by atoms with Crippen LogP contribution in [0.5, 0.6) is 5.75 Å². The van der Waals surface area contributed by atoms with Crippen LogP contribution in [-0.4, -0.2) is 35.9 Å². The first kappa shape index (κ1) is 17.0. The fraction of sp³-hybridized carbons (Fsp3) is 0.471. The summed E-state index contributed by atoms with van der Waals surface area (Å²) < 4.78 is 34.6. The predicted molar refractivity (Wildman–Crippen MR) is 91.3 cm³/mol. The van der Waals surface area contributed by atoms with E-state index < -0.39 is 10.0 Å². The van der Waals surface area contributed by atoms with E-state index in [2.05, 4.69) is 4.98 Å². The fourth-order valence-electron chi connectivity index (χ4n) is 3.17. The minimum Gasteiger partial charge on any atom is -0.497 e. The van der Waals surface area contributed by atoms with Gasteiger partial charge in [0.1, 0.15) is 5.75 Å². The number of methoxy groups -OCH3 is 1. The lowest BCUT2D eigenvalue weighted by molar-refractivity contribution is 0.327. The van der Waals surface area contributed by atoms with Crippen molar-refractivity contribution in [3.63, 3.8) is 0 Å². The highest BCUT2D eigenvalue weighted by molar-refractivity contribution is 7.89. The molecule has 0 amide bonds. The highest BCUT2D eigenvalue weighted by atomic mass is 32.2. The van der Waals surface area contributed by atoms with Crippen LogP contribution in [0.15, 0.2) is 41.8 Å². The van der Waals surface area contributed by atoms with Gasteiger partial charge in [0, 0.05) is 19.8 Å². The van der Waals surface area contributed by atoms with Crippen LogP contribution in [-0.2, 0) is 17.1 Å². The van der Waals surface area contributed by atoms with Gasteiger partial charge < -0.3 is 9.30 Å². The minimum atomic E-state index is -3.61. The summed E-state index contributed by atoms with van der Waals surface area (Å²) in [4.78, 5) is 4.06. The van der Waals surface area contributed by atoms with E-state index >= 15 is 0 Å². The molecule has 1 aliphatic heterocycles. The van der Waals surface area contributed by atoms with E-state index in [1.54, 1.807) is 29.2 Å². The van der Waals surface area contributed by atoms with Crippen LogP contribution in [0.2, 0.25) is 0 Å². The highest BCUT2D eigenvalue weighted by Crippen LogP contribution is 2.34. The summed E-state index contributed by atoms with van der Waals surface area (Å²) in [6.07, 6.45) is 6.83. The topological polar surface area (TPSA) is 64.4 Å². The summed E-state index contributed by atoms with van der Waals surface area (Å²) in [6, 6.07) is 7.51. The Hall–Kier alpha value is -1.86. The zero-order valence-electron chi connectivity index (χ0n) is 14.1. The number of nitrogens with zero attached hydrogens (tertiary/aromatic N) is 3. The average molecular weight is 349 g/mol. The third-order valence-electron chi connectivity index (χ3n) is 4.46. The molecular formula is C17H23N3O3S. The molecule has 130 valence electrons. The quantitative estimate of drug-likeness (QED) is 0.851. The second-order valence-electron chi connectivity index (χ2n) is 6.13. The van der Waals surface area contributed by atoms with Gasteiger partial charge in [-0.05, 0) is 30.5 Å². The van der Waals surface area contributed by atoms with Crippen molar-refractivity contribution in [1.29, 1.82) is 0 Å². The molecule has 2 aromatic rings. The van der Waals surface area contributed by atoms with Crippen molar-refractivity contribution in [2.75, 3.05) is 13.7 Å². The molecule has 1 aromatic carbocycles. The first-order valence-electron chi connectivity index (χ1n) is 8.16. The number of sulfonamides is 1. The van der Waals surface area contributed by atoms with Crippen molar-refractivity contribution in [2.24, 2.45) is 7.05 Å². The van der Waals surface area contributed by atoms with E-state index in [1.807, 2.05) is 24.3 Å². The van der Waals surface area contributed by atoms with E-state index in [-0.39, 0.29) is 11.1 Å². The van der Waals surface area contributed by atoms with E-state index in [0.29, 0.717) is 6.54 Å². The van der Waals surface area contributed by atoms with E-state index in [4.69, 9.17) is 4.74 Å². The van der Waals surface area contributed by atoms with Crippen molar-refractivity contribution >= 4 is 10.0 Å². The Bertz CT molecular complexity index is 784. The van der Waals surface area contributed by atoms with E-state index in [0.717, 1.165) is 37.0 Å². The largest absolute Gasteiger partial charge is 0.497 e. The van der Waals surface area contributed by atoms with Gasteiger partial charge >= 0.3 is 0 Å². The number of hydrogen-bond acceptors (Lipinski definition) is 4. The molecule has 24 heavy (non-hydrogen) atoms. The zero-order chi connectivity index (χ0) is 17.2. The molecule has 0 spiro atoms. The van der Waals surface area contributed by atoms with Crippen LogP contribution in [0.25, 0.3) is 0 Å². The third kappa shape index (κ3) is 3.32. The van der Waals surface area contributed by atoms with Gasteiger partial charge in [-0.1, -0.05) is 25.0 Å². The molecule has 0 bridgehead atoms. The van der Waals surface area contributed by atoms with Gasteiger partial charge in [-0.15, -0.1) is 0 Å². The second-order valence-corrected chi connectivity index (χ2v) is 7.97. The molecule has 1 atom stereocenters. The highest BCUT2D eigenvalue weighted by Gasteiger charge is 2.34. The molecule has 1 aliphatic rings. The van der Waals surface area contributed by atoms with E-state index in [9.17, 15) is 8.42 Å². The maximum absolute atomic E-state index is 13.1. The molecule has 1 saturated heterocycles. The summed E-state index contributed by atoms with van der Waals surface area (Å²) in [5.74, 6) is 0.770. The normalized spacial score (nSPS) is 19.8. The first-order valence-corrected chi connectivity index (χ1v) is 9.60. The van der Waals surface area contributed by atoms with Crippen molar-refractivity contribution < 1.29 is 13.2 Å². The Morgan fingerprint density at radius 1 is 1.17 bits per heavy atom.